The van der Waals surface area contributed by atoms with Gasteiger partial charge in [0.15, 0.2) is 5.16 Å². The summed E-state index contributed by atoms with van der Waals surface area (Å²) >= 11 is 1.38. The predicted molar refractivity (Wildman–Crippen MR) is 97.8 cm³/mol. The van der Waals surface area contributed by atoms with E-state index in [9.17, 15) is 4.79 Å². The number of carbonyl (C=O) groups excluding carboxylic acids is 1. The molecule has 0 aliphatic carbocycles. The summed E-state index contributed by atoms with van der Waals surface area (Å²) in [6.07, 6.45) is 0. The Labute approximate surface area is 144 Å². The topological polar surface area (TPSA) is 67.0 Å². The molecule has 3 aromatic rings. The van der Waals surface area contributed by atoms with Crippen molar-refractivity contribution >= 4 is 34.4 Å². The molecule has 2 N–H and O–H groups in total. The SMILES string of the molecule is CCOc1ccccc1NC(=O)CSc1nc2ccc(C)cc2[nH]1. The Morgan fingerprint density at radius 3 is 2.96 bits per heavy atom. The van der Waals surface area contributed by atoms with Crippen LogP contribution in [-0.4, -0.2) is 28.2 Å². The fourth-order valence-corrected chi connectivity index (χ4v) is 3.02. The van der Waals surface area contributed by atoms with Gasteiger partial charge in [0.05, 0.1) is 29.1 Å². The first kappa shape index (κ1) is 16.4. The van der Waals surface area contributed by atoms with E-state index in [1.54, 1.807) is 0 Å². The molecule has 124 valence electrons. The minimum Gasteiger partial charge on any atom is -0.492 e. The van der Waals surface area contributed by atoms with Gasteiger partial charge in [0.2, 0.25) is 5.91 Å². The van der Waals surface area contributed by atoms with Crippen molar-refractivity contribution in [3.05, 3.63) is 48.0 Å². The number of aryl methyl sites for hydroxylation is 1. The van der Waals surface area contributed by atoms with Gasteiger partial charge in [0.1, 0.15) is 5.75 Å². The number of anilines is 1. The number of thioether (sulfide) groups is 1. The maximum absolute atomic E-state index is 12.2. The Morgan fingerprint density at radius 1 is 1.29 bits per heavy atom. The van der Waals surface area contributed by atoms with Gasteiger partial charge >= 0.3 is 0 Å². The van der Waals surface area contributed by atoms with Crippen LogP contribution in [0, 0.1) is 6.92 Å². The van der Waals surface area contributed by atoms with Gasteiger partial charge in [0, 0.05) is 0 Å². The van der Waals surface area contributed by atoms with E-state index in [1.165, 1.54) is 17.3 Å². The number of nitrogens with zero attached hydrogens (tertiary/aromatic N) is 1. The van der Waals surface area contributed by atoms with E-state index in [0.29, 0.717) is 18.0 Å². The lowest BCUT2D eigenvalue weighted by atomic mass is 10.2. The number of carbonyl (C=O) groups is 1. The van der Waals surface area contributed by atoms with Gasteiger partial charge in [-0.3, -0.25) is 4.79 Å². The molecule has 2 aromatic carbocycles. The first-order chi connectivity index (χ1) is 11.7. The van der Waals surface area contributed by atoms with Crippen molar-refractivity contribution in [2.45, 2.75) is 19.0 Å². The second-order valence-electron chi connectivity index (χ2n) is 5.33. The number of rotatable bonds is 6. The summed E-state index contributed by atoms with van der Waals surface area (Å²) in [7, 11) is 0. The molecule has 6 heteroatoms. The second-order valence-corrected chi connectivity index (χ2v) is 6.29. The molecule has 0 saturated carbocycles. The molecule has 5 nitrogen and oxygen atoms in total. The average molecular weight is 341 g/mol. The molecule has 0 aliphatic heterocycles. The third-order valence-corrected chi connectivity index (χ3v) is 4.29. The summed E-state index contributed by atoms with van der Waals surface area (Å²) in [6, 6.07) is 13.5. The first-order valence-corrected chi connectivity index (χ1v) is 8.75. The third kappa shape index (κ3) is 3.89. The number of ether oxygens (including phenoxy) is 1. The first-order valence-electron chi connectivity index (χ1n) is 7.76. The van der Waals surface area contributed by atoms with Crippen molar-refractivity contribution in [2.24, 2.45) is 0 Å². The quantitative estimate of drug-likeness (QED) is 0.665. The standard InChI is InChI=1S/C18H19N3O2S/c1-3-23-16-7-5-4-6-14(16)19-17(22)11-24-18-20-13-9-8-12(2)10-15(13)21-18/h4-10H,3,11H2,1-2H3,(H,19,22)(H,20,21). The van der Waals surface area contributed by atoms with Crippen molar-refractivity contribution in [2.75, 3.05) is 17.7 Å². The van der Waals surface area contributed by atoms with Gasteiger partial charge in [0.25, 0.3) is 0 Å². The fourth-order valence-electron chi connectivity index (χ4n) is 2.34. The zero-order chi connectivity index (χ0) is 16.9. The van der Waals surface area contributed by atoms with Crippen LogP contribution in [0.5, 0.6) is 5.75 Å². The molecule has 0 fully saturated rings. The molecule has 0 unspecified atom stereocenters. The van der Waals surface area contributed by atoms with Crippen LogP contribution in [0.2, 0.25) is 0 Å². The highest BCUT2D eigenvalue weighted by atomic mass is 32.2. The van der Waals surface area contributed by atoms with Gasteiger partial charge < -0.3 is 15.0 Å². The number of para-hydroxylation sites is 2. The highest BCUT2D eigenvalue weighted by Gasteiger charge is 2.10. The maximum atomic E-state index is 12.2. The van der Waals surface area contributed by atoms with E-state index in [2.05, 4.69) is 15.3 Å². The summed E-state index contributed by atoms with van der Waals surface area (Å²) in [4.78, 5) is 19.9. The minimum atomic E-state index is -0.0937. The molecular weight excluding hydrogens is 322 g/mol. The molecule has 0 radical (unpaired) electrons. The number of amides is 1. The van der Waals surface area contributed by atoms with Crippen LogP contribution in [0.1, 0.15) is 12.5 Å². The van der Waals surface area contributed by atoms with Crippen LogP contribution in [0.15, 0.2) is 47.6 Å². The molecule has 1 heterocycles. The molecule has 0 bridgehead atoms. The monoisotopic (exact) mass is 341 g/mol. The lowest BCUT2D eigenvalue weighted by molar-refractivity contribution is -0.113. The van der Waals surface area contributed by atoms with E-state index in [-0.39, 0.29) is 11.7 Å². The number of aromatic amines is 1. The second kappa shape index (κ2) is 7.40. The summed E-state index contributed by atoms with van der Waals surface area (Å²) in [5.74, 6) is 0.862. The number of imidazole rings is 1. The number of hydrogen-bond acceptors (Lipinski definition) is 4. The smallest absolute Gasteiger partial charge is 0.234 e. The Balaban J connectivity index is 1.62. The zero-order valence-corrected chi connectivity index (χ0v) is 14.4. The molecule has 0 aliphatic rings. The van der Waals surface area contributed by atoms with E-state index < -0.39 is 0 Å². The maximum Gasteiger partial charge on any atom is 0.234 e. The fraction of sp³-hybridized carbons (Fsp3) is 0.222. The third-order valence-electron chi connectivity index (χ3n) is 3.42. The van der Waals surface area contributed by atoms with Gasteiger partial charge in [-0.15, -0.1) is 0 Å². The summed E-state index contributed by atoms with van der Waals surface area (Å²) in [5, 5.41) is 3.62. The van der Waals surface area contributed by atoms with Gasteiger partial charge in [-0.25, -0.2) is 4.98 Å². The van der Waals surface area contributed by atoms with Crippen LogP contribution in [0.25, 0.3) is 11.0 Å². The van der Waals surface area contributed by atoms with Gasteiger partial charge in [-0.2, -0.15) is 0 Å². The number of hydrogen-bond donors (Lipinski definition) is 2. The molecule has 24 heavy (non-hydrogen) atoms. The minimum absolute atomic E-state index is 0.0937. The molecule has 1 amide bonds. The van der Waals surface area contributed by atoms with E-state index in [0.717, 1.165) is 16.2 Å². The van der Waals surface area contributed by atoms with Gasteiger partial charge in [-0.05, 0) is 43.7 Å². The highest BCUT2D eigenvalue weighted by molar-refractivity contribution is 7.99. The molecule has 3 rings (SSSR count). The Hall–Kier alpha value is -2.47. The van der Waals surface area contributed by atoms with Crippen molar-refractivity contribution in [1.82, 2.24) is 9.97 Å². The molecule has 1 aromatic heterocycles. The number of fused-ring (bicyclic) bond motifs is 1. The zero-order valence-electron chi connectivity index (χ0n) is 13.6. The Morgan fingerprint density at radius 2 is 2.12 bits per heavy atom. The van der Waals surface area contributed by atoms with Crippen LogP contribution in [0.3, 0.4) is 0 Å². The van der Waals surface area contributed by atoms with E-state index in [4.69, 9.17) is 4.74 Å². The van der Waals surface area contributed by atoms with E-state index in [1.807, 2.05) is 56.3 Å². The summed E-state index contributed by atoms with van der Waals surface area (Å²) < 4.78 is 5.51. The largest absolute Gasteiger partial charge is 0.492 e. The van der Waals surface area contributed by atoms with Crippen molar-refractivity contribution in [3.8, 4) is 5.75 Å². The van der Waals surface area contributed by atoms with Crippen LogP contribution < -0.4 is 10.1 Å². The molecule has 0 saturated heterocycles. The average Bonchev–Trinajstić information content (AvgIpc) is 2.97. The van der Waals surface area contributed by atoms with Crippen LogP contribution in [-0.2, 0) is 4.79 Å². The lowest BCUT2D eigenvalue weighted by Gasteiger charge is -2.10. The number of benzene rings is 2. The summed E-state index contributed by atoms with van der Waals surface area (Å²) in [6.45, 7) is 4.51. The van der Waals surface area contributed by atoms with Crippen LogP contribution >= 0.6 is 11.8 Å². The lowest BCUT2D eigenvalue weighted by Crippen LogP contribution is -2.15. The molecule has 0 atom stereocenters. The van der Waals surface area contributed by atoms with Crippen LogP contribution in [0.4, 0.5) is 5.69 Å². The molecule has 0 spiro atoms. The predicted octanol–water partition coefficient (Wildman–Crippen LogP) is 4.00. The Bertz CT molecular complexity index is 860. The van der Waals surface area contributed by atoms with Gasteiger partial charge in [-0.1, -0.05) is 30.0 Å². The number of nitrogens with one attached hydrogen (secondary N) is 2. The van der Waals surface area contributed by atoms with Crippen molar-refractivity contribution in [1.29, 1.82) is 0 Å². The van der Waals surface area contributed by atoms with E-state index >= 15 is 0 Å². The number of H-pyrrole nitrogens is 1. The van der Waals surface area contributed by atoms with Crippen molar-refractivity contribution in [3.63, 3.8) is 0 Å². The molecular formula is C18H19N3O2S. The highest BCUT2D eigenvalue weighted by Crippen LogP contribution is 2.25. The summed E-state index contributed by atoms with van der Waals surface area (Å²) in [5.41, 5.74) is 3.75. The Kier molecular flexibility index (Phi) is 5.05. The number of aromatic nitrogens is 2. The van der Waals surface area contributed by atoms with Crippen molar-refractivity contribution < 1.29 is 9.53 Å². The normalized spacial score (nSPS) is 10.8.